The lowest BCUT2D eigenvalue weighted by Gasteiger charge is -2.17. The molecule has 0 aliphatic rings. The summed E-state index contributed by atoms with van der Waals surface area (Å²) >= 11 is 0.476. The van der Waals surface area contributed by atoms with Crippen molar-refractivity contribution in [2.24, 2.45) is 4.40 Å². The molecule has 0 heterocycles. The Morgan fingerprint density at radius 2 is 1.94 bits per heavy atom. The van der Waals surface area contributed by atoms with Gasteiger partial charge in [0, 0.05) is 10.5 Å². The van der Waals surface area contributed by atoms with E-state index in [2.05, 4.69) is 4.40 Å². The quantitative estimate of drug-likeness (QED) is 0.472. The molecule has 0 fully saturated rings. The van der Waals surface area contributed by atoms with Crippen LogP contribution < -0.4 is 0 Å². The number of hydrogen-bond donors (Lipinski definition) is 0. The van der Waals surface area contributed by atoms with E-state index in [1.807, 2.05) is 51.3 Å². The van der Waals surface area contributed by atoms with Crippen molar-refractivity contribution < 1.29 is 4.55 Å². The fourth-order valence-electron chi connectivity index (χ4n) is 1.04. The van der Waals surface area contributed by atoms with Gasteiger partial charge in [0.05, 0.1) is 6.21 Å². The van der Waals surface area contributed by atoms with Crippen molar-refractivity contribution in [3.63, 3.8) is 0 Å². The Labute approximate surface area is 105 Å². The molecule has 0 spiro atoms. The summed E-state index contributed by atoms with van der Waals surface area (Å²) in [6.07, 6.45) is 3.72. The Hall–Kier alpha value is -0.450. The van der Waals surface area contributed by atoms with Gasteiger partial charge in [-0.25, -0.2) is 0 Å². The van der Waals surface area contributed by atoms with Crippen LogP contribution in [-0.4, -0.2) is 21.8 Å². The molecular formula is C12H17NOS2. The molecule has 0 saturated heterocycles. The summed E-state index contributed by atoms with van der Waals surface area (Å²) in [6, 6.07) is 7.96. The van der Waals surface area contributed by atoms with Gasteiger partial charge in [-0.1, -0.05) is 22.6 Å². The summed E-state index contributed by atoms with van der Waals surface area (Å²) in [4.78, 5) is 1.15. The first-order chi connectivity index (χ1) is 7.45. The zero-order valence-corrected chi connectivity index (χ0v) is 11.7. The van der Waals surface area contributed by atoms with Crippen molar-refractivity contribution in [3.8, 4) is 0 Å². The van der Waals surface area contributed by atoms with Crippen LogP contribution in [0.1, 0.15) is 26.3 Å². The van der Waals surface area contributed by atoms with Crippen molar-refractivity contribution in [1.29, 1.82) is 0 Å². The van der Waals surface area contributed by atoms with E-state index in [4.69, 9.17) is 0 Å². The van der Waals surface area contributed by atoms with Gasteiger partial charge in [0.2, 0.25) is 0 Å². The molecule has 0 unspecified atom stereocenters. The monoisotopic (exact) mass is 255 g/mol. The molecule has 0 N–H and O–H groups in total. The molecule has 0 aromatic heterocycles. The van der Waals surface area contributed by atoms with Gasteiger partial charge in [0.15, 0.2) is 0 Å². The summed E-state index contributed by atoms with van der Waals surface area (Å²) in [5.74, 6) is 0. The van der Waals surface area contributed by atoms with E-state index < -0.39 is 11.4 Å². The van der Waals surface area contributed by atoms with Gasteiger partial charge in [0.1, 0.15) is 16.1 Å². The normalized spacial score (nSPS) is 14.3. The smallest absolute Gasteiger partial charge is 0.144 e. The van der Waals surface area contributed by atoms with Crippen LogP contribution >= 0.6 is 11.8 Å². The van der Waals surface area contributed by atoms with E-state index >= 15 is 0 Å². The maximum atomic E-state index is 11.7. The van der Waals surface area contributed by atoms with Gasteiger partial charge >= 0.3 is 0 Å². The lowest BCUT2D eigenvalue weighted by molar-refractivity contribution is 0.562. The zero-order chi connectivity index (χ0) is 12.2. The van der Waals surface area contributed by atoms with Crippen LogP contribution in [-0.2, 0) is 11.4 Å². The van der Waals surface area contributed by atoms with Crippen LogP contribution in [0.3, 0.4) is 0 Å². The van der Waals surface area contributed by atoms with Gasteiger partial charge in [-0.05, 0) is 33.1 Å². The van der Waals surface area contributed by atoms with Crippen molar-refractivity contribution >= 4 is 29.3 Å². The van der Waals surface area contributed by atoms with Crippen molar-refractivity contribution in [2.75, 3.05) is 6.26 Å². The van der Waals surface area contributed by atoms with E-state index in [9.17, 15) is 4.55 Å². The van der Waals surface area contributed by atoms with E-state index in [0.29, 0.717) is 0 Å². The number of benzene rings is 1. The fraction of sp³-hybridized carbons (Fsp3) is 0.417. The Morgan fingerprint density at radius 3 is 2.50 bits per heavy atom. The van der Waals surface area contributed by atoms with Gasteiger partial charge in [-0.3, -0.25) is 0 Å². The summed E-state index contributed by atoms with van der Waals surface area (Å²) < 4.78 is 15.6. The number of hydrogen-bond acceptors (Lipinski definition) is 3. The van der Waals surface area contributed by atoms with E-state index in [1.165, 1.54) is 0 Å². The molecular weight excluding hydrogens is 238 g/mol. The number of thioether (sulfide) groups is 1. The standard InChI is InChI=1S/C12H17NOS2/c1-12(2,3)16(14)13-9-10-7-5-6-8-11(10)15-4/h5-9H,1-4H3/t16-/m0/s1. The average molecular weight is 255 g/mol. The van der Waals surface area contributed by atoms with Gasteiger partial charge in [-0.15, -0.1) is 11.8 Å². The second kappa shape index (κ2) is 5.75. The summed E-state index contributed by atoms with van der Waals surface area (Å²) in [5.41, 5.74) is 1.02. The third-order valence-electron chi connectivity index (χ3n) is 1.95. The van der Waals surface area contributed by atoms with Crippen LogP contribution in [0.25, 0.3) is 0 Å². The Balaban J connectivity index is 2.84. The zero-order valence-electron chi connectivity index (χ0n) is 10.1. The molecule has 88 valence electrons. The largest absolute Gasteiger partial charge is 0.591 e. The van der Waals surface area contributed by atoms with Crippen LogP contribution in [0.4, 0.5) is 0 Å². The fourth-order valence-corrected chi connectivity index (χ4v) is 2.13. The van der Waals surface area contributed by atoms with Crippen LogP contribution in [0.2, 0.25) is 0 Å². The van der Waals surface area contributed by atoms with E-state index in [-0.39, 0.29) is 4.75 Å². The molecule has 1 aromatic carbocycles. The maximum Gasteiger partial charge on any atom is 0.144 e. The highest BCUT2D eigenvalue weighted by molar-refractivity contribution is 7.98. The Kier molecular flexibility index (Phi) is 4.89. The minimum Gasteiger partial charge on any atom is -0.591 e. The number of nitrogens with zero attached hydrogens (tertiary/aromatic N) is 1. The highest BCUT2D eigenvalue weighted by Crippen LogP contribution is 2.20. The molecule has 0 amide bonds. The van der Waals surface area contributed by atoms with Gasteiger partial charge in [0.25, 0.3) is 0 Å². The third-order valence-corrected chi connectivity index (χ3v) is 4.11. The molecule has 0 aliphatic carbocycles. The van der Waals surface area contributed by atoms with Crippen molar-refractivity contribution in [1.82, 2.24) is 0 Å². The molecule has 0 bridgehead atoms. The Bertz CT molecular complexity index is 372. The predicted molar refractivity (Wildman–Crippen MR) is 73.7 cm³/mol. The molecule has 0 aliphatic heterocycles. The third kappa shape index (κ3) is 3.85. The second-order valence-electron chi connectivity index (χ2n) is 4.34. The minimum absolute atomic E-state index is 0.301. The summed E-state index contributed by atoms with van der Waals surface area (Å²) in [7, 11) is 0. The van der Waals surface area contributed by atoms with Crippen molar-refractivity contribution in [2.45, 2.75) is 30.4 Å². The van der Waals surface area contributed by atoms with Crippen LogP contribution in [0.15, 0.2) is 33.6 Å². The first-order valence-corrected chi connectivity index (χ1v) is 7.37. The van der Waals surface area contributed by atoms with E-state index in [1.54, 1.807) is 18.0 Å². The van der Waals surface area contributed by atoms with Crippen molar-refractivity contribution in [3.05, 3.63) is 29.8 Å². The molecule has 16 heavy (non-hydrogen) atoms. The average Bonchev–Trinajstić information content (AvgIpc) is 2.24. The second-order valence-corrected chi connectivity index (χ2v) is 7.12. The molecule has 0 saturated carbocycles. The van der Waals surface area contributed by atoms with Crippen LogP contribution in [0.5, 0.6) is 0 Å². The first-order valence-electron chi connectivity index (χ1n) is 5.04. The highest BCUT2D eigenvalue weighted by atomic mass is 32.2. The number of rotatable bonds is 3. The summed E-state index contributed by atoms with van der Waals surface area (Å²) in [5, 5.41) is 0. The van der Waals surface area contributed by atoms with E-state index in [0.717, 1.165) is 10.5 Å². The lowest BCUT2D eigenvalue weighted by atomic mass is 10.2. The summed E-state index contributed by atoms with van der Waals surface area (Å²) in [6.45, 7) is 5.75. The van der Waals surface area contributed by atoms with Gasteiger partial charge in [-0.2, -0.15) is 0 Å². The molecule has 1 atom stereocenters. The Morgan fingerprint density at radius 1 is 1.31 bits per heavy atom. The lowest BCUT2D eigenvalue weighted by Crippen LogP contribution is -2.25. The first kappa shape index (κ1) is 13.6. The SMILES string of the molecule is CSc1ccccc1C=N[S@@+]([O-])C(C)(C)C. The molecule has 1 aromatic rings. The highest BCUT2D eigenvalue weighted by Gasteiger charge is 2.25. The predicted octanol–water partition coefficient (Wildman–Crippen LogP) is 3.29. The molecule has 1 rings (SSSR count). The van der Waals surface area contributed by atoms with Gasteiger partial charge < -0.3 is 4.55 Å². The minimum atomic E-state index is -1.19. The maximum absolute atomic E-state index is 11.7. The molecule has 0 radical (unpaired) electrons. The molecule has 4 heteroatoms. The topological polar surface area (TPSA) is 35.4 Å². The molecule has 2 nitrogen and oxygen atoms in total. The van der Waals surface area contributed by atoms with Crippen LogP contribution in [0, 0.1) is 0 Å².